The molecule has 0 saturated carbocycles. The van der Waals surface area contributed by atoms with E-state index >= 15 is 0 Å². The van der Waals surface area contributed by atoms with Gasteiger partial charge in [0.05, 0.1) is 16.9 Å². The van der Waals surface area contributed by atoms with Crippen molar-refractivity contribution in [1.82, 2.24) is 4.98 Å². The van der Waals surface area contributed by atoms with Crippen LogP contribution >= 0.6 is 34.3 Å². The van der Waals surface area contributed by atoms with Gasteiger partial charge in [0, 0.05) is 37.7 Å². The van der Waals surface area contributed by atoms with Crippen LogP contribution in [0.1, 0.15) is 25.6 Å². The molecular formula is C25H14ClN3O2S2. The third kappa shape index (κ3) is 3.08. The van der Waals surface area contributed by atoms with Crippen molar-refractivity contribution in [3.05, 3.63) is 87.1 Å². The van der Waals surface area contributed by atoms with E-state index in [2.05, 4.69) is 5.32 Å². The van der Waals surface area contributed by atoms with Crippen LogP contribution in [0.5, 0.6) is 0 Å². The first-order chi connectivity index (χ1) is 16.0. The van der Waals surface area contributed by atoms with Crippen molar-refractivity contribution in [3.8, 4) is 21.7 Å². The number of fused-ring (bicyclic) bond motifs is 4. The monoisotopic (exact) mass is 487 g/mol. The van der Waals surface area contributed by atoms with E-state index in [4.69, 9.17) is 22.3 Å². The van der Waals surface area contributed by atoms with E-state index in [1.807, 2.05) is 41.8 Å². The summed E-state index contributed by atoms with van der Waals surface area (Å²) in [4.78, 5) is 33.2. The summed E-state index contributed by atoms with van der Waals surface area (Å²) in [5.41, 5.74) is 10.8. The highest BCUT2D eigenvalue weighted by molar-refractivity contribution is 7.21. The molecule has 5 aromatic rings. The number of thiophene rings is 2. The minimum atomic E-state index is -0.332. The molecule has 0 radical (unpaired) electrons. The lowest BCUT2D eigenvalue weighted by atomic mass is 9.99. The number of nitrogens with one attached hydrogen (secondary N) is 1. The van der Waals surface area contributed by atoms with Crippen molar-refractivity contribution in [2.24, 2.45) is 0 Å². The number of carbonyl (C=O) groups excluding carboxylic acids is 2. The fourth-order valence-electron chi connectivity index (χ4n) is 4.15. The van der Waals surface area contributed by atoms with Crippen LogP contribution in [0.2, 0.25) is 5.02 Å². The molecule has 0 unspecified atom stereocenters. The summed E-state index contributed by atoms with van der Waals surface area (Å²) in [6.07, 6.45) is 0. The van der Waals surface area contributed by atoms with E-state index in [0.717, 1.165) is 16.0 Å². The summed E-state index contributed by atoms with van der Waals surface area (Å²) < 4.78 is 0. The van der Waals surface area contributed by atoms with Gasteiger partial charge in [0.1, 0.15) is 9.71 Å². The Morgan fingerprint density at radius 2 is 1.73 bits per heavy atom. The third-order valence-electron chi connectivity index (χ3n) is 5.61. The van der Waals surface area contributed by atoms with Gasteiger partial charge in [0.15, 0.2) is 5.78 Å². The highest BCUT2D eigenvalue weighted by atomic mass is 35.5. The SMILES string of the molecule is Nc1c(C(=O)Nc2ccc(Cl)cc2)sc2nc3c(c(-c4cccs4)c12)C(=O)c1ccccc1-3. The Bertz CT molecular complexity index is 1590. The molecule has 3 N–H and O–H groups in total. The minimum Gasteiger partial charge on any atom is -0.397 e. The number of halogens is 1. The van der Waals surface area contributed by atoms with Crippen LogP contribution in [0.4, 0.5) is 11.4 Å². The molecule has 0 saturated heterocycles. The Morgan fingerprint density at radius 1 is 0.970 bits per heavy atom. The van der Waals surface area contributed by atoms with Crippen LogP contribution in [0, 0.1) is 0 Å². The number of hydrogen-bond acceptors (Lipinski definition) is 6. The van der Waals surface area contributed by atoms with Gasteiger partial charge in [0.25, 0.3) is 5.91 Å². The quantitative estimate of drug-likeness (QED) is 0.290. The molecule has 2 aromatic carbocycles. The van der Waals surface area contributed by atoms with E-state index in [-0.39, 0.29) is 11.7 Å². The molecule has 160 valence electrons. The Morgan fingerprint density at radius 3 is 2.45 bits per heavy atom. The second kappa shape index (κ2) is 7.52. The molecule has 8 heteroatoms. The van der Waals surface area contributed by atoms with Crippen LogP contribution in [0.3, 0.4) is 0 Å². The molecule has 0 spiro atoms. The lowest BCUT2D eigenvalue weighted by molar-refractivity contribution is 0.102. The Hall–Kier alpha value is -3.52. The number of benzene rings is 2. The smallest absolute Gasteiger partial charge is 0.267 e. The summed E-state index contributed by atoms with van der Waals surface area (Å²) in [6.45, 7) is 0. The summed E-state index contributed by atoms with van der Waals surface area (Å²) in [5.74, 6) is -0.405. The molecule has 0 bridgehead atoms. The van der Waals surface area contributed by atoms with Gasteiger partial charge in [-0.25, -0.2) is 4.98 Å². The Labute approximate surface area is 201 Å². The summed E-state index contributed by atoms with van der Waals surface area (Å²) in [6, 6.07) is 18.2. The maximum atomic E-state index is 13.4. The number of pyridine rings is 1. The molecule has 0 atom stereocenters. The van der Waals surface area contributed by atoms with Crippen LogP contribution in [-0.2, 0) is 0 Å². The number of carbonyl (C=O) groups is 2. The van der Waals surface area contributed by atoms with Gasteiger partial charge in [-0.3, -0.25) is 9.59 Å². The van der Waals surface area contributed by atoms with Crippen molar-refractivity contribution in [3.63, 3.8) is 0 Å². The third-order valence-corrected chi connectivity index (χ3v) is 7.84. The van der Waals surface area contributed by atoms with Gasteiger partial charge in [-0.2, -0.15) is 0 Å². The van der Waals surface area contributed by atoms with Gasteiger partial charge in [-0.05, 0) is 35.7 Å². The van der Waals surface area contributed by atoms with E-state index in [1.165, 1.54) is 22.7 Å². The first kappa shape index (κ1) is 20.1. The van der Waals surface area contributed by atoms with Gasteiger partial charge < -0.3 is 11.1 Å². The molecule has 1 aliphatic rings. The number of nitrogen functional groups attached to an aromatic ring is 1. The first-order valence-electron chi connectivity index (χ1n) is 10.0. The van der Waals surface area contributed by atoms with Crippen molar-refractivity contribution in [2.45, 2.75) is 0 Å². The Balaban J connectivity index is 1.58. The lowest BCUT2D eigenvalue weighted by Crippen LogP contribution is -2.11. The van der Waals surface area contributed by atoms with Crippen molar-refractivity contribution < 1.29 is 9.59 Å². The number of aromatic nitrogens is 1. The molecule has 3 aromatic heterocycles. The summed E-state index contributed by atoms with van der Waals surface area (Å²) >= 11 is 8.69. The number of nitrogens with zero attached hydrogens (tertiary/aromatic N) is 1. The molecule has 0 fully saturated rings. The number of hydrogen-bond donors (Lipinski definition) is 2. The number of rotatable bonds is 3. The molecule has 1 aliphatic carbocycles. The zero-order valence-corrected chi connectivity index (χ0v) is 19.3. The van der Waals surface area contributed by atoms with Crippen molar-refractivity contribution in [2.75, 3.05) is 11.1 Å². The van der Waals surface area contributed by atoms with Gasteiger partial charge in [-0.1, -0.05) is 41.9 Å². The van der Waals surface area contributed by atoms with E-state index in [1.54, 1.807) is 24.3 Å². The number of nitrogens with two attached hydrogens (primary N) is 1. The van der Waals surface area contributed by atoms with E-state index in [0.29, 0.717) is 48.3 Å². The average molecular weight is 488 g/mol. The zero-order valence-electron chi connectivity index (χ0n) is 16.9. The second-order valence-electron chi connectivity index (χ2n) is 7.55. The molecule has 5 nitrogen and oxygen atoms in total. The summed E-state index contributed by atoms with van der Waals surface area (Å²) in [5, 5.41) is 6.04. The molecule has 0 aliphatic heterocycles. The predicted octanol–water partition coefficient (Wildman–Crippen LogP) is 6.72. The fourth-order valence-corrected chi connectivity index (χ4v) is 6.06. The van der Waals surface area contributed by atoms with Crippen LogP contribution in [0.15, 0.2) is 66.0 Å². The zero-order chi connectivity index (χ0) is 22.7. The predicted molar refractivity (Wildman–Crippen MR) is 136 cm³/mol. The molecule has 6 rings (SSSR count). The van der Waals surface area contributed by atoms with E-state index < -0.39 is 0 Å². The van der Waals surface area contributed by atoms with Crippen LogP contribution in [0.25, 0.3) is 31.9 Å². The second-order valence-corrected chi connectivity index (χ2v) is 9.93. The van der Waals surface area contributed by atoms with Gasteiger partial charge in [-0.15, -0.1) is 22.7 Å². The number of ketones is 1. The van der Waals surface area contributed by atoms with Crippen LogP contribution < -0.4 is 11.1 Å². The molecule has 33 heavy (non-hydrogen) atoms. The number of amides is 1. The lowest BCUT2D eigenvalue weighted by Gasteiger charge is -2.09. The number of anilines is 2. The summed E-state index contributed by atoms with van der Waals surface area (Å²) in [7, 11) is 0. The van der Waals surface area contributed by atoms with Crippen LogP contribution in [-0.4, -0.2) is 16.7 Å². The maximum Gasteiger partial charge on any atom is 0.267 e. The van der Waals surface area contributed by atoms with E-state index in [9.17, 15) is 9.59 Å². The van der Waals surface area contributed by atoms with Gasteiger partial charge in [0.2, 0.25) is 0 Å². The van der Waals surface area contributed by atoms with Crippen molar-refractivity contribution in [1.29, 1.82) is 0 Å². The maximum absolute atomic E-state index is 13.4. The minimum absolute atomic E-state index is 0.0730. The van der Waals surface area contributed by atoms with Crippen molar-refractivity contribution >= 4 is 67.6 Å². The fraction of sp³-hybridized carbons (Fsp3) is 0. The molecule has 1 amide bonds. The topological polar surface area (TPSA) is 85.1 Å². The first-order valence-corrected chi connectivity index (χ1v) is 12.1. The standard InChI is InChI=1S/C25H14ClN3O2S2/c26-12-7-9-13(10-8-12)28-24(31)23-20(27)18-17(16-6-3-11-32-16)19-21(29-25(18)33-23)14-4-1-2-5-15(14)22(19)30/h1-11H,27H2,(H,28,31). The highest BCUT2D eigenvalue weighted by Gasteiger charge is 2.34. The highest BCUT2D eigenvalue weighted by Crippen LogP contribution is 2.49. The van der Waals surface area contributed by atoms with Gasteiger partial charge >= 0.3 is 0 Å². The molecular weight excluding hydrogens is 474 g/mol. The largest absolute Gasteiger partial charge is 0.397 e. The average Bonchev–Trinajstić information content (AvgIpc) is 3.53. The molecule has 3 heterocycles. The normalized spacial score (nSPS) is 12.1. The Kier molecular flexibility index (Phi) is 4.58.